The van der Waals surface area contributed by atoms with Crippen LogP contribution >= 0.6 is 0 Å². The number of benzene rings is 1. The highest BCUT2D eigenvalue weighted by atomic mass is 16.5. The van der Waals surface area contributed by atoms with Crippen LogP contribution in [0.1, 0.15) is 16.8 Å². The van der Waals surface area contributed by atoms with Crippen molar-refractivity contribution in [1.29, 1.82) is 0 Å². The van der Waals surface area contributed by atoms with Gasteiger partial charge in [0, 0.05) is 11.7 Å². The average Bonchev–Trinajstić information content (AvgIpc) is 2.88. The molecule has 1 aliphatic carbocycles. The molecule has 6 heteroatoms. The fraction of sp³-hybridized carbons (Fsp3) is 0.286. The summed E-state index contributed by atoms with van der Waals surface area (Å²) in [5.74, 6) is -1.25. The van der Waals surface area contributed by atoms with Gasteiger partial charge in [-0.2, -0.15) is 0 Å². The first-order valence-electron chi connectivity index (χ1n) is 6.16. The van der Waals surface area contributed by atoms with E-state index in [0.717, 1.165) is 0 Å². The van der Waals surface area contributed by atoms with Gasteiger partial charge in [0.2, 0.25) is 0 Å². The topological polar surface area (TPSA) is 102 Å². The largest absolute Gasteiger partial charge is 0.497 e. The van der Waals surface area contributed by atoms with Gasteiger partial charge in [-0.3, -0.25) is 9.59 Å². The fourth-order valence-corrected chi connectivity index (χ4v) is 2.09. The normalized spacial score (nSPS) is 20.6. The highest BCUT2D eigenvalue weighted by molar-refractivity contribution is 5.99. The Balaban J connectivity index is 2.06. The molecule has 4 N–H and O–H groups in total. The molecule has 1 amide bonds. The van der Waals surface area contributed by atoms with Crippen molar-refractivity contribution < 1.29 is 19.4 Å². The number of carboxylic acids is 1. The second-order valence-corrected chi connectivity index (χ2v) is 4.60. The van der Waals surface area contributed by atoms with E-state index in [1.165, 1.54) is 7.11 Å². The standard InChI is InChI=1S/C14H16N2O4/c1-20-10-4-5-12(15)11(7-10)13(17)16-9-3-2-8(6-9)14(18)19/h2-5,7-9H,6,15H2,1H3,(H,16,17)(H,18,19). The third-order valence-corrected chi connectivity index (χ3v) is 3.22. The van der Waals surface area contributed by atoms with Crippen LogP contribution in [0.4, 0.5) is 5.69 Å². The highest BCUT2D eigenvalue weighted by Crippen LogP contribution is 2.22. The number of amides is 1. The Morgan fingerprint density at radius 1 is 1.40 bits per heavy atom. The Kier molecular flexibility index (Phi) is 3.93. The van der Waals surface area contributed by atoms with Gasteiger partial charge in [-0.15, -0.1) is 0 Å². The van der Waals surface area contributed by atoms with Crippen LogP contribution in [-0.2, 0) is 4.79 Å². The summed E-state index contributed by atoms with van der Waals surface area (Å²) in [5.41, 5.74) is 6.43. The summed E-state index contributed by atoms with van der Waals surface area (Å²) < 4.78 is 5.05. The lowest BCUT2D eigenvalue weighted by Crippen LogP contribution is -2.33. The number of rotatable bonds is 4. The van der Waals surface area contributed by atoms with E-state index in [-0.39, 0.29) is 11.9 Å². The van der Waals surface area contributed by atoms with E-state index in [4.69, 9.17) is 15.6 Å². The quantitative estimate of drug-likeness (QED) is 0.563. The van der Waals surface area contributed by atoms with Crippen molar-refractivity contribution in [2.45, 2.75) is 12.5 Å². The number of hydrogen-bond acceptors (Lipinski definition) is 4. The first kappa shape index (κ1) is 13.9. The number of carbonyl (C=O) groups is 2. The Morgan fingerprint density at radius 2 is 2.15 bits per heavy atom. The lowest BCUT2D eigenvalue weighted by Gasteiger charge is -2.14. The monoisotopic (exact) mass is 276 g/mol. The third-order valence-electron chi connectivity index (χ3n) is 3.22. The van der Waals surface area contributed by atoms with Gasteiger partial charge in [0.1, 0.15) is 5.75 Å². The summed E-state index contributed by atoms with van der Waals surface area (Å²) in [6.45, 7) is 0. The molecule has 2 unspecified atom stereocenters. The Morgan fingerprint density at radius 3 is 2.75 bits per heavy atom. The van der Waals surface area contributed by atoms with Gasteiger partial charge >= 0.3 is 5.97 Å². The lowest BCUT2D eigenvalue weighted by atomic mass is 10.1. The molecule has 0 bridgehead atoms. The van der Waals surface area contributed by atoms with Gasteiger partial charge in [0.15, 0.2) is 0 Å². The van der Waals surface area contributed by atoms with Crippen LogP contribution in [0.3, 0.4) is 0 Å². The van der Waals surface area contributed by atoms with Crippen LogP contribution < -0.4 is 15.8 Å². The van der Waals surface area contributed by atoms with Crippen LogP contribution in [0, 0.1) is 5.92 Å². The molecule has 0 saturated carbocycles. The van der Waals surface area contributed by atoms with Gasteiger partial charge in [-0.05, 0) is 24.6 Å². The predicted octanol–water partition coefficient (Wildman–Crippen LogP) is 1.04. The van der Waals surface area contributed by atoms with Gasteiger partial charge < -0.3 is 20.9 Å². The number of hydrogen-bond donors (Lipinski definition) is 3. The molecule has 0 spiro atoms. The van der Waals surface area contributed by atoms with Crippen LogP contribution in [0.5, 0.6) is 5.75 Å². The molecule has 0 fully saturated rings. The third kappa shape index (κ3) is 2.90. The fourth-order valence-electron chi connectivity index (χ4n) is 2.09. The number of ether oxygens (including phenoxy) is 1. The molecule has 6 nitrogen and oxygen atoms in total. The van der Waals surface area contributed by atoms with Crippen molar-refractivity contribution in [1.82, 2.24) is 5.32 Å². The summed E-state index contributed by atoms with van der Waals surface area (Å²) in [6.07, 6.45) is 3.63. The van der Waals surface area contributed by atoms with Gasteiger partial charge in [-0.25, -0.2) is 0 Å². The molecule has 0 aliphatic heterocycles. The van der Waals surface area contributed by atoms with Crippen molar-refractivity contribution in [3.63, 3.8) is 0 Å². The van der Waals surface area contributed by atoms with Crippen LogP contribution in [-0.4, -0.2) is 30.1 Å². The number of carbonyl (C=O) groups excluding carboxylic acids is 1. The first-order valence-corrected chi connectivity index (χ1v) is 6.16. The number of anilines is 1. The zero-order valence-electron chi connectivity index (χ0n) is 11.0. The Hall–Kier alpha value is -2.50. The predicted molar refractivity (Wildman–Crippen MR) is 73.5 cm³/mol. The SMILES string of the molecule is COc1ccc(N)c(C(=O)NC2C=CC(C(=O)O)C2)c1. The lowest BCUT2D eigenvalue weighted by molar-refractivity contribution is -0.140. The van der Waals surface area contributed by atoms with Crippen molar-refractivity contribution in [2.24, 2.45) is 5.92 Å². The molecule has 1 aliphatic rings. The van der Waals surface area contributed by atoms with Crippen LogP contribution in [0.2, 0.25) is 0 Å². The molecule has 2 atom stereocenters. The second kappa shape index (κ2) is 5.64. The maximum atomic E-state index is 12.1. The molecule has 0 aromatic heterocycles. The molecule has 20 heavy (non-hydrogen) atoms. The minimum Gasteiger partial charge on any atom is -0.497 e. The van der Waals surface area contributed by atoms with E-state index < -0.39 is 11.9 Å². The molecule has 0 heterocycles. The molecule has 1 aromatic carbocycles. The van der Waals surface area contributed by atoms with Crippen molar-refractivity contribution in [3.8, 4) is 5.75 Å². The van der Waals surface area contributed by atoms with E-state index in [2.05, 4.69) is 5.32 Å². The van der Waals surface area contributed by atoms with Crippen molar-refractivity contribution >= 4 is 17.6 Å². The number of nitrogens with two attached hydrogens (primary N) is 1. The summed E-state index contributed by atoms with van der Waals surface area (Å²) in [7, 11) is 1.50. The summed E-state index contributed by atoms with van der Waals surface area (Å²) >= 11 is 0. The molecular weight excluding hydrogens is 260 g/mol. The van der Waals surface area contributed by atoms with Gasteiger partial charge in [0.05, 0.1) is 18.6 Å². The number of aliphatic carboxylic acids is 1. The smallest absolute Gasteiger partial charge is 0.310 e. The number of nitrogens with one attached hydrogen (secondary N) is 1. The summed E-state index contributed by atoms with van der Waals surface area (Å²) in [4.78, 5) is 23.0. The molecule has 2 rings (SSSR count). The van der Waals surface area contributed by atoms with Crippen molar-refractivity contribution in [3.05, 3.63) is 35.9 Å². The molecule has 106 valence electrons. The number of methoxy groups -OCH3 is 1. The molecule has 0 saturated heterocycles. The van der Waals surface area contributed by atoms with E-state index in [1.54, 1.807) is 30.4 Å². The maximum absolute atomic E-state index is 12.1. The zero-order chi connectivity index (χ0) is 14.7. The molecule has 1 aromatic rings. The van der Waals surface area contributed by atoms with Crippen LogP contribution in [0.25, 0.3) is 0 Å². The van der Waals surface area contributed by atoms with E-state index in [9.17, 15) is 9.59 Å². The average molecular weight is 276 g/mol. The van der Waals surface area contributed by atoms with Crippen LogP contribution in [0.15, 0.2) is 30.4 Å². The summed E-state index contributed by atoms with van der Waals surface area (Å²) in [6, 6.07) is 4.52. The van der Waals surface area contributed by atoms with Gasteiger partial charge in [-0.1, -0.05) is 12.2 Å². The maximum Gasteiger partial charge on any atom is 0.310 e. The Bertz CT molecular complexity index is 568. The first-order chi connectivity index (χ1) is 9.51. The highest BCUT2D eigenvalue weighted by Gasteiger charge is 2.26. The van der Waals surface area contributed by atoms with E-state index in [1.807, 2.05) is 0 Å². The second-order valence-electron chi connectivity index (χ2n) is 4.60. The zero-order valence-corrected chi connectivity index (χ0v) is 11.0. The minimum absolute atomic E-state index is 0.297. The summed E-state index contributed by atoms with van der Waals surface area (Å²) in [5, 5.41) is 11.6. The van der Waals surface area contributed by atoms with Gasteiger partial charge in [0.25, 0.3) is 5.91 Å². The molecular formula is C14H16N2O4. The van der Waals surface area contributed by atoms with Crippen molar-refractivity contribution in [2.75, 3.05) is 12.8 Å². The minimum atomic E-state index is -0.890. The van der Waals surface area contributed by atoms with E-state index in [0.29, 0.717) is 23.4 Å². The number of nitrogen functional groups attached to an aromatic ring is 1. The van der Waals surface area contributed by atoms with E-state index >= 15 is 0 Å². The Labute approximate surface area is 116 Å². The number of carboxylic acid groups (broad SMARTS) is 1. The molecule has 0 radical (unpaired) electrons.